The second kappa shape index (κ2) is 6.87. The van der Waals surface area contributed by atoms with E-state index in [2.05, 4.69) is 16.6 Å². The molecule has 3 rings (SSSR count). The SMILES string of the molecule is CSCc1ccc(C(=O)NCc2nc3ccccc3n2C)cc1. The van der Waals surface area contributed by atoms with E-state index >= 15 is 0 Å². The van der Waals surface area contributed by atoms with E-state index in [1.807, 2.05) is 60.1 Å². The number of carbonyl (C=O) groups excluding carboxylic acids is 1. The summed E-state index contributed by atoms with van der Waals surface area (Å²) < 4.78 is 2.01. The van der Waals surface area contributed by atoms with Gasteiger partial charge in [0.25, 0.3) is 5.91 Å². The van der Waals surface area contributed by atoms with Gasteiger partial charge in [-0.1, -0.05) is 24.3 Å². The molecule has 0 saturated heterocycles. The summed E-state index contributed by atoms with van der Waals surface area (Å²) in [5, 5.41) is 2.94. The molecule has 3 aromatic rings. The molecule has 0 aliphatic rings. The Labute approximate surface area is 139 Å². The fourth-order valence-corrected chi connectivity index (χ4v) is 3.06. The lowest BCUT2D eigenvalue weighted by Crippen LogP contribution is -2.24. The second-order valence-electron chi connectivity index (χ2n) is 5.39. The summed E-state index contributed by atoms with van der Waals surface area (Å²) in [6.07, 6.45) is 2.07. The fraction of sp³-hybridized carbons (Fsp3) is 0.222. The Bertz CT molecular complexity index is 824. The topological polar surface area (TPSA) is 46.9 Å². The second-order valence-corrected chi connectivity index (χ2v) is 6.25. The van der Waals surface area contributed by atoms with Crippen molar-refractivity contribution in [1.29, 1.82) is 0 Å². The minimum absolute atomic E-state index is 0.0762. The van der Waals surface area contributed by atoms with Crippen molar-refractivity contribution >= 4 is 28.7 Å². The van der Waals surface area contributed by atoms with E-state index in [1.165, 1.54) is 5.56 Å². The van der Waals surface area contributed by atoms with Gasteiger partial charge in [-0.15, -0.1) is 0 Å². The largest absolute Gasteiger partial charge is 0.345 e. The first-order valence-corrected chi connectivity index (χ1v) is 8.85. The van der Waals surface area contributed by atoms with E-state index < -0.39 is 0 Å². The Balaban J connectivity index is 1.69. The van der Waals surface area contributed by atoms with Crippen molar-refractivity contribution in [2.45, 2.75) is 12.3 Å². The fourth-order valence-electron chi connectivity index (χ4n) is 2.53. The Kier molecular flexibility index (Phi) is 4.67. The van der Waals surface area contributed by atoms with E-state index in [1.54, 1.807) is 11.8 Å². The molecule has 0 atom stereocenters. The predicted octanol–water partition coefficient (Wildman–Crippen LogP) is 3.37. The summed E-state index contributed by atoms with van der Waals surface area (Å²) in [5.41, 5.74) is 3.91. The molecule has 5 heteroatoms. The maximum atomic E-state index is 12.3. The Morgan fingerprint density at radius 2 is 1.91 bits per heavy atom. The molecular weight excluding hydrogens is 306 g/mol. The highest BCUT2D eigenvalue weighted by Crippen LogP contribution is 2.14. The zero-order chi connectivity index (χ0) is 16.2. The van der Waals surface area contributed by atoms with Crippen LogP contribution in [0, 0.1) is 0 Å². The van der Waals surface area contributed by atoms with E-state index in [9.17, 15) is 4.79 Å². The smallest absolute Gasteiger partial charge is 0.251 e. The van der Waals surface area contributed by atoms with Gasteiger partial charge < -0.3 is 9.88 Å². The molecule has 1 heterocycles. The van der Waals surface area contributed by atoms with Crippen LogP contribution in [0.25, 0.3) is 11.0 Å². The monoisotopic (exact) mass is 325 g/mol. The number of fused-ring (bicyclic) bond motifs is 1. The maximum Gasteiger partial charge on any atom is 0.251 e. The number of amides is 1. The molecule has 1 amide bonds. The third-order valence-corrected chi connectivity index (χ3v) is 4.44. The number of imidazole rings is 1. The molecular formula is C18H19N3OS. The molecule has 0 spiro atoms. The molecule has 2 aromatic carbocycles. The van der Waals surface area contributed by atoms with Crippen molar-refractivity contribution in [2.24, 2.45) is 7.05 Å². The van der Waals surface area contributed by atoms with Crippen LogP contribution >= 0.6 is 11.8 Å². The molecule has 4 nitrogen and oxygen atoms in total. The van der Waals surface area contributed by atoms with Gasteiger partial charge in [-0.2, -0.15) is 11.8 Å². The highest BCUT2D eigenvalue weighted by molar-refractivity contribution is 7.97. The van der Waals surface area contributed by atoms with Crippen molar-refractivity contribution in [3.63, 3.8) is 0 Å². The molecule has 0 bridgehead atoms. The molecule has 0 fully saturated rings. The number of rotatable bonds is 5. The minimum Gasteiger partial charge on any atom is -0.345 e. The summed E-state index contributed by atoms with van der Waals surface area (Å²) in [7, 11) is 1.97. The molecule has 118 valence electrons. The van der Waals surface area contributed by atoms with Gasteiger partial charge in [0.2, 0.25) is 0 Å². The first-order chi connectivity index (χ1) is 11.2. The van der Waals surface area contributed by atoms with Gasteiger partial charge in [0.1, 0.15) is 5.82 Å². The van der Waals surface area contributed by atoms with Crippen LogP contribution in [0.5, 0.6) is 0 Å². The average molecular weight is 325 g/mol. The normalized spacial score (nSPS) is 10.9. The van der Waals surface area contributed by atoms with Gasteiger partial charge in [0.05, 0.1) is 17.6 Å². The van der Waals surface area contributed by atoms with E-state index in [-0.39, 0.29) is 5.91 Å². The van der Waals surface area contributed by atoms with Gasteiger partial charge in [-0.05, 0) is 36.1 Å². The van der Waals surface area contributed by atoms with Gasteiger partial charge >= 0.3 is 0 Å². The number of aryl methyl sites for hydroxylation is 1. The van der Waals surface area contributed by atoms with Crippen LogP contribution in [0.15, 0.2) is 48.5 Å². The average Bonchev–Trinajstić information content (AvgIpc) is 2.90. The summed E-state index contributed by atoms with van der Waals surface area (Å²) in [4.78, 5) is 16.8. The van der Waals surface area contributed by atoms with Crippen LogP contribution in [-0.2, 0) is 19.3 Å². The van der Waals surface area contributed by atoms with Crippen molar-refractivity contribution in [3.8, 4) is 0 Å². The van der Waals surface area contributed by atoms with Gasteiger partial charge in [0, 0.05) is 18.4 Å². The van der Waals surface area contributed by atoms with Crippen LogP contribution < -0.4 is 5.32 Å². The number of hydrogen-bond acceptors (Lipinski definition) is 3. The van der Waals surface area contributed by atoms with E-state index in [0.717, 1.165) is 22.6 Å². The third-order valence-electron chi connectivity index (χ3n) is 3.81. The molecule has 1 N–H and O–H groups in total. The van der Waals surface area contributed by atoms with Crippen LogP contribution in [0.2, 0.25) is 0 Å². The summed E-state index contributed by atoms with van der Waals surface area (Å²) in [6, 6.07) is 15.7. The first kappa shape index (κ1) is 15.6. The zero-order valence-corrected chi connectivity index (χ0v) is 14.1. The lowest BCUT2D eigenvalue weighted by molar-refractivity contribution is 0.0949. The van der Waals surface area contributed by atoms with Crippen LogP contribution in [0.1, 0.15) is 21.7 Å². The van der Waals surface area contributed by atoms with Crippen LogP contribution in [-0.4, -0.2) is 21.7 Å². The molecule has 23 heavy (non-hydrogen) atoms. The minimum atomic E-state index is -0.0762. The quantitative estimate of drug-likeness (QED) is 0.782. The lowest BCUT2D eigenvalue weighted by atomic mass is 10.1. The number of aromatic nitrogens is 2. The van der Waals surface area contributed by atoms with E-state index in [0.29, 0.717) is 12.1 Å². The Hall–Kier alpha value is -2.27. The van der Waals surface area contributed by atoms with Crippen molar-refractivity contribution in [2.75, 3.05) is 6.26 Å². The van der Waals surface area contributed by atoms with Crippen LogP contribution in [0.4, 0.5) is 0 Å². The van der Waals surface area contributed by atoms with E-state index in [4.69, 9.17) is 0 Å². The number of nitrogens with zero attached hydrogens (tertiary/aromatic N) is 2. The van der Waals surface area contributed by atoms with Gasteiger partial charge in [-0.25, -0.2) is 4.98 Å². The maximum absolute atomic E-state index is 12.3. The highest BCUT2D eigenvalue weighted by atomic mass is 32.2. The predicted molar refractivity (Wildman–Crippen MR) is 95.5 cm³/mol. The Morgan fingerprint density at radius 1 is 1.17 bits per heavy atom. The molecule has 0 aliphatic heterocycles. The highest BCUT2D eigenvalue weighted by Gasteiger charge is 2.10. The summed E-state index contributed by atoms with van der Waals surface area (Å²) in [6.45, 7) is 0.413. The molecule has 0 saturated carbocycles. The summed E-state index contributed by atoms with van der Waals surface area (Å²) >= 11 is 1.77. The standard InChI is InChI=1S/C18H19N3OS/c1-21-16-6-4-3-5-15(16)20-17(21)11-19-18(22)14-9-7-13(8-10-14)12-23-2/h3-10H,11-12H2,1-2H3,(H,19,22). The van der Waals surface area contributed by atoms with Gasteiger partial charge in [0.15, 0.2) is 0 Å². The number of nitrogens with one attached hydrogen (secondary N) is 1. The molecule has 1 aromatic heterocycles. The number of carbonyl (C=O) groups is 1. The first-order valence-electron chi connectivity index (χ1n) is 7.45. The molecule has 0 aliphatic carbocycles. The number of benzene rings is 2. The summed E-state index contributed by atoms with van der Waals surface area (Å²) in [5.74, 6) is 1.73. The van der Waals surface area contributed by atoms with Crippen LogP contribution in [0.3, 0.4) is 0 Å². The lowest BCUT2D eigenvalue weighted by Gasteiger charge is -2.06. The Morgan fingerprint density at radius 3 is 2.61 bits per heavy atom. The van der Waals surface area contributed by atoms with Gasteiger partial charge in [-0.3, -0.25) is 4.79 Å². The zero-order valence-electron chi connectivity index (χ0n) is 13.2. The molecule has 0 radical (unpaired) electrons. The molecule has 0 unspecified atom stereocenters. The van der Waals surface area contributed by atoms with Crippen molar-refractivity contribution < 1.29 is 4.79 Å². The third kappa shape index (κ3) is 3.40. The van der Waals surface area contributed by atoms with Crippen molar-refractivity contribution in [1.82, 2.24) is 14.9 Å². The van der Waals surface area contributed by atoms with Crippen molar-refractivity contribution in [3.05, 3.63) is 65.5 Å². The number of thioether (sulfide) groups is 1. The number of hydrogen-bond donors (Lipinski definition) is 1. The number of para-hydroxylation sites is 2.